The highest BCUT2D eigenvalue weighted by Crippen LogP contribution is 2.30. The van der Waals surface area contributed by atoms with Gasteiger partial charge in [-0.3, -0.25) is 14.9 Å². The largest absolute Gasteiger partial charge is 0.489 e. The quantitative estimate of drug-likeness (QED) is 0.157. The number of benzene rings is 4. The molecule has 0 atom stereocenters. The van der Waals surface area contributed by atoms with Gasteiger partial charge in [-0.05, 0) is 87.7 Å². The van der Waals surface area contributed by atoms with Gasteiger partial charge in [0.1, 0.15) is 30.3 Å². The number of urea groups is 1. The third kappa shape index (κ3) is 6.79. The average molecular weight is 652 g/mol. The van der Waals surface area contributed by atoms with Crippen LogP contribution in [0, 0.1) is 0 Å². The number of hydrogen-bond acceptors (Lipinski definition) is 5. The maximum Gasteiger partial charge on any atom is 0.335 e. The van der Waals surface area contributed by atoms with Crippen LogP contribution < -0.4 is 19.7 Å². The number of hydrogen-bond donors (Lipinski definition) is 1. The van der Waals surface area contributed by atoms with Crippen molar-refractivity contribution in [3.05, 3.63) is 128 Å². The molecule has 1 aliphatic rings. The van der Waals surface area contributed by atoms with Gasteiger partial charge in [-0.25, -0.2) is 9.69 Å². The monoisotopic (exact) mass is 650 g/mol. The first-order chi connectivity index (χ1) is 19.8. The summed E-state index contributed by atoms with van der Waals surface area (Å²) in [4.78, 5) is 39.4. The molecule has 0 saturated carbocycles. The second-order valence-corrected chi connectivity index (χ2v) is 10.6. The van der Waals surface area contributed by atoms with E-state index in [1.807, 2.05) is 30.3 Å². The number of barbiturate groups is 1. The summed E-state index contributed by atoms with van der Waals surface area (Å²) >= 11 is 15.6. The van der Waals surface area contributed by atoms with E-state index >= 15 is 0 Å². The fourth-order valence-corrected chi connectivity index (χ4v) is 4.82. The smallest absolute Gasteiger partial charge is 0.335 e. The van der Waals surface area contributed by atoms with Gasteiger partial charge < -0.3 is 9.47 Å². The number of ether oxygens (including phenoxy) is 2. The van der Waals surface area contributed by atoms with Gasteiger partial charge in [-0.2, -0.15) is 0 Å². The Labute approximate surface area is 254 Å². The Hall–Kier alpha value is -4.11. The summed E-state index contributed by atoms with van der Waals surface area (Å²) in [6.45, 7) is 0.585. The molecule has 0 radical (unpaired) electrons. The first-order valence-corrected chi connectivity index (χ1v) is 13.9. The van der Waals surface area contributed by atoms with Gasteiger partial charge in [0.15, 0.2) is 0 Å². The zero-order valence-electron chi connectivity index (χ0n) is 21.3. The summed E-state index contributed by atoms with van der Waals surface area (Å²) in [6, 6.07) is 25.4. The molecule has 1 fully saturated rings. The number of imide groups is 2. The van der Waals surface area contributed by atoms with E-state index in [1.54, 1.807) is 60.7 Å². The van der Waals surface area contributed by atoms with Crippen LogP contribution in [0.3, 0.4) is 0 Å². The summed E-state index contributed by atoms with van der Waals surface area (Å²) in [5.74, 6) is -0.429. The molecule has 1 aliphatic heterocycles. The Morgan fingerprint density at radius 1 is 0.829 bits per heavy atom. The number of nitrogens with one attached hydrogen (secondary N) is 1. The lowest BCUT2D eigenvalue weighted by Gasteiger charge is -2.26. The molecule has 1 heterocycles. The molecule has 0 bridgehead atoms. The van der Waals surface area contributed by atoms with E-state index in [0.29, 0.717) is 38.2 Å². The first kappa shape index (κ1) is 28.4. The van der Waals surface area contributed by atoms with Gasteiger partial charge in [-0.15, -0.1) is 0 Å². The summed E-state index contributed by atoms with van der Waals surface area (Å²) in [5, 5.41) is 3.47. The molecular weight excluding hydrogens is 631 g/mol. The van der Waals surface area contributed by atoms with E-state index in [-0.39, 0.29) is 17.9 Å². The van der Waals surface area contributed by atoms with Crippen LogP contribution in [0.25, 0.3) is 6.08 Å². The van der Waals surface area contributed by atoms with Gasteiger partial charge in [0.25, 0.3) is 11.8 Å². The zero-order chi connectivity index (χ0) is 28.9. The van der Waals surface area contributed by atoms with Crippen molar-refractivity contribution in [3.63, 3.8) is 0 Å². The van der Waals surface area contributed by atoms with Crippen molar-refractivity contribution in [1.29, 1.82) is 0 Å². The van der Waals surface area contributed by atoms with Crippen LogP contribution in [0.1, 0.15) is 16.7 Å². The van der Waals surface area contributed by atoms with Gasteiger partial charge in [-0.1, -0.05) is 59.6 Å². The molecule has 206 valence electrons. The Kier molecular flexibility index (Phi) is 8.73. The summed E-state index contributed by atoms with van der Waals surface area (Å²) in [5.41, 5.74) is 2.42. The number of amides is 4. The summed E-state index contributed by atoms with van der Waals surface area (Å²) < 4.78 is 12.3. The third-order valence-electron chi connectivity index (χ3n) is 6.12. The molecule has 4 aromatic rings. The van der Waals surface area contributed by atoms with Crippen molar-refractivity contribution in [2.24, 2.45) is 0 Å². The Bertz CT molecular complexity index is 1660. The molecule has 4 amide bonds. The lowest BCUT2D eigenvalue weighted by atomic mass is 10.1. The van der Waals surface area contributed by atoms with Gasteiger partial charge in [0.2, 0.25) is 0 Å². The number of rotatable bonds is 8. The van der Waals surface area contributed by atoms with Crippen LogP contribution in [0.5, 0.6) is 11.5 Å². The van der Waals surface area contributed by atoms with Crippen LogP contribution in [0.15, 0.2) is 101 Å². The topological polar surface area (TPSA) is 84.9 Å². The van der Waals surface area contributed by atoms with Crippen LogP contribution in [0.2, 0.25) is 10.0 Å². The highest BCUT2D eigenvalue weighted by atomic mass is 79.9. The maximum atomic E-state index is 13.3. The molecular formula is C31H21BrCl2N2O5. The second-order valence-electron chi connectivity index (χ2n) is 8.94. The van der Waals surface area contributed by atoms with E-state index < -0.39 is 17.8 Å². The lowest BCUT2D eigenvalue weighted by molar-refractivity contribution is -0.122. The van der Waals surface area contributed by atoms with Crippen molar-refractivity contribution in [2.75, 3.05) is 4.90 Å². The first-order valence-electron chi connectivity index (χ1n) is 12.3. The molecule has 1 saturated heterocycles. The van der Waals surface area contributed by atoms with Gasteiger partial charge in [0, 0.05) is 15.6 Å². The van der Waals surface area contributed by atoms with E-state index in [2.05, 4.69) is 21.2 Å². The number of nitrogens with zero attached hydrogens (tertiary/aromatic N) is 1. The maximum absolute atomic E-state index is 13.3. The molecule has 7 nitrogen and oxygen atoms in total. The normalized spacial score (nSPS) is 14.3. The molecule has 10 heteroatoms. The van der Waals surface area contributed by atoms with Crippen molar-refractivity contribution in [1.82, 2.24) is 5.32 Å². The number of anilines is 1. The molecule has 0 aliphatic carbocycles. The molecule has 0 spiro atoms. The van der Waals surface area contributed by atoms with Crippen molar-refractivity contribution in [2.45, 2.75) is 13.2 Å². The fraction of sp³-hybridized carbons (Fsp3) is 0.0645. The van der Waals surface area contributed by atoms with E-state index in [0.717, 1.165) is 16.0 Å². The summed E-state index contributed by atoms with van der Waals surface area (Å²) in [7, 11) is 0. The van der Waals surface area contributed by atoms with E-state index in [9.17, 15) is 14.4 Å². The minimum atomic E-state index is -0.837. The minimum absolute atomic E-state index is 0.190. The van der Waals surface area contributed by atoms with Crippen LogP contribution in [-0.4, -0.2) is 17.8 Å². The SMILES string of the molecule is O=C1NC(=O)N(c2ccc(OCc3ccc(Cl)cc3)cc2)C(=O)/C1=C/c1ccc(OCc2ccccc2Cl)c(Br)c1. The Balaban J connectivity index is 1.29. The predicted octanol–water partition coefficient (Wildman–Crippen LogP) is 7.58. The predicted molar refractivity (Wildman–Crippen MR) is 161 cm³/mol. The highest BCUT2D eigenvalue weighted by Gasteiger charge is 2.36. The van der Waals surface area contributed by atoms with Crippen molar-refractivity contribution < 1.29 is 23.9 Å². The average Bonchev–Trinajstić information content (AvgIpc) is 2.96. The molecule has 5 rings (SSSR count). The van der Waals surface area contributed by atoms with Crippen molar-refractivity contribution >= 4 is 68.7 Å². The van der Waals surface area contributed by atoms with E-state index in [1.165, 1.54) is 6.08 Å². The number of halogens is 3. The van der Waals surface area contributed by atoms with Crippen molar-refractivity contribution in [3.8, 4) is 11.5 Å². The number of carbonyl (C=O) groups is 3. The highest BCUT2D eigenvalue weighted by molar-refractivity contribution is 9.10. The van der Waals surface area contributed by atoms with Crippen LogP contribution >= 0.6 is 39.1 Å². The fourth-order valence-electron chi connectivity index (χ4n) is 3.99. The van der Waals surface area contributed by atoms with Crippen LogP contribution in [0.4, 0.5) is 10.5 Å². The third-order valence-corrected chi connectivity index (χ3v) is 7.36. The molecule has 1 N–H and O–H groups in total. The molecule has 0 unspecified atom stereocenters. The van der Waals surface area contributed by atoms with Crippen LogP contribution in [-0.2, 0) is 22.8 Å². The Morgan fingerprint density at radius 3 is 2.27 bits per heavy atom. The number of carbonyl (C=O) groups excluding carboxylic acids is 3. The van der Waals surface area contributed by atoms with Gasteiger partial charge in [0.05, 0.1) is 10.2 Å². The molecule has 4 aromatic carbocycles. The van der Waals surface area contributed by atoms with Gasteiger partial charge >= 0.3 is 6.03 Å². The zero-order valence-corrected chi connectivity index (χ0v) is 24.4. The lowest BCUT2D eigenvalue weighted by Crippen LogP contribution is -2.54. The molecule has 41 heavy (non-hydrogen) atoms. The standard InChI is InChI=1S/C31H21BrCl2N2O5/c32-26-16-20(7-14-28(26)41-18-21-3-1-2-4-27(21)34)15-25-29(37)35-31(39)36(30(25)38)23-10-12-24(13-11-23)40-17-19-5-8-22(33)9-6-19/h1-16H,17-18H2,(H,35,37,39)/b25-15+. The summed E-state index contributed by atoms with van der Waals surface area (Å²) in [6.07, 6.45) is 1.42. The Morgan fingerprint density at radius 2 is 1.56 bits per heavy atom. The minimum Gasteiger partial charge on any atom is -0.489 e. The van der Waals surface area contributed by atoms with E-state index in [4.69, 9.17) is 32.7 Å². The molecule has 0 aromatic heterocycles. The second kappa shape index (κ2) is 12.6.